The van der Waals surface area contributed by atoms with Crippen molar-refractivity contribution in [2.75, 3.05) is 13.1 Å². The fourth-order valence-corrected chi connectivity index (χ4v) is 7.25. The van der Waals surface area contributed by atoms with Crippen LogP contribution in [0.5, 0.6) is 5.75 Å². The maximum Gasteiger partial charge on any atom is 0.413 e. The summed E-state index contributed by atoms with van der Waals surface area (Å²) in [7, 11) is -3.81. The van der Waals surface area contributed by atoms with Crippen LogP contribution >= 0.6 is 0 Å². The summed E-state index contributed by atoms with van der Waals surface area (Å²) in [5.74, 6) is -0.696. The van der Waals surface area contributed by atoms with Gasteiger partial charge in [-0.15, -0.1) is 0 Å². The molecule has 10 nitrogen and oxygen atoms in total. The van der Waals surface area contributed by atoms with Crippen LogP contribution in [0.25, 0.3) is 11.1 Å². The van der Waals surface area contributed by atoms with Crippen LogP contribution in [0.3, 0.4) is 0 Å². The van der Waals surface area contributed by atoms with E-state index in [4.69, 9.17) is 4.74 Å². The molecule has 0 radical (unpaired) electrons. The molecule has 5 rings (SSSR count). The predicted octanol–water partition coefficient (Wildman–Crippen LogP) is 3.39. The topological polar surface area (TPSA) is 126 Å². The molecule has 1 N–H and O–H groups in total. The van der Waals surface area contributed by atoms with Crippen molar-refractivity contribution in [1.29, 1.82) is 0 Å². The quantitative estimate of drug-likeness (QED) is 0.414. The van der Waals surface area contributed by atoms with E-state index in [1.54, 1.807) is 30.5 Å². The van der Waals surface area contributed by atoms with Gasteiger partial charge in [0.15, 0.2) is 5.78 Å². The van der Waals surface area contributed by atoms with E-state index in [0.29, 0.717) is 30.6 Å². The summed E-state index contributed by atoms with van der Waals surface area (Å²) in [6.45, 7) is 1.82. The second kappa shape index (κ2) is 12.2. The molecule has 0 saturated carbocycles. The van der Waals surface area contributed by atoms with Crippen LogP contribution < -0.4 is 10.1 Å². The second-order valence-corrected chi connectivity index (χ2v) is 12.1. The standard InChI is InChI=1S/C30H32N4O6S/c1-2-7-25(32-30(37)40-24-13-11-23(12-14-24)22-9-4-3-5-10-22)29(36)33-17-15-26-28(33)27(35)19-34(26)41(38,39)20-21-8-6-16-31-18-21/h3-6,8-14,16,18,25-26,28H,2,7,15,17,19-20H2,1H3,(H,32,37). The van der Waals surface area contributed by atoms with Crippen LogP contribution in [0, 0.1) is 0 Å². The molecule has 214 valence electrons. The summed E-state index contributed by atoms with van der Waals surface area (Å²) in [4.78, 5) is 44.8. The first-order valence-corrected chi connectivity index (χ1v) is 15.2. The van der Waals surface area contributed by atoms with Gasteiger partial charge in [-0.3, -0.25) is 14.6 Å². The molecule has 3 heterocycles. The molecule has 2 amide bonds. The predicted molar refractivity (Wildman–Crippen MR) is 152 cm³/mol. The third-order valence-electron chi connectivity index (χ3n) is 7.43. The van der Waals surface area contributed by atoms with Crippen molar-refractivity contribution >= 4 is 27.8 Å². The number of hydrogen-bond acceptors (Lipinski definition) is 7. The molecule has 3 unspecified atom stereocenters. The molecular formula is C30H32N4O6S. The minimum absolute atomic E-state index is 0.219. The Morgan fingerprint density at radius 3 is 2.46 bits per heavy atom. The summed E-state index contributed by atoms with van der Waals surface area (Å²) in [5.41, 5.74) is 2.53. The van der Waals surface area contributed by atoms with Gasteiger partial charge in [0.25, 0.3) is 0 Å². The molecular weight excluding hydrogens is 544 g/mol. The first-order chi connectivity index (χ1) is 19.8. The number of carbonyl (C=O) groups is 3. The Morgan fingerprint density at radius 1 is 1.05 bits per heavy atom. The molecule has 3 aromatic rings. The fraction of sp³-hybridized carbons (Fsp3) is 0.333. The van der Waals surface area contributed by atoms with Crippen molar-refractivity contribution in [3.8, 4) is 16.9 Å². The average molecular weight is 577 g/mol. The van der Waals surface area contributed by atoms with E-state index in [1.807, 2.05) is 49.4 Å². The van der Waals surface area contributed by atoms with Crippen molar-refractivity contribution in [2.45, 2.75) is 50.1 Å². The van der Waals surface area contributed by atoms with Gasteiger partial charge < -0.3 is 15.0 Å². The monoisotopic (exact) mass is 576 g/mol. The number of nitrogens with zero attached hydrogens (tertiary/aromatic N) is 3. The fourth-order valence-electron chi connectivity index (χ4n) is 5.53. The lowest BCUT2D eigenvalue weighted by Gasteiger charge is -2.28. The molecule has 11 heteroatoms. The van der Waals surface area contributed by atoms with E-state index in [1.165, 1.54) is 15.4 Å². The second-order valence-electron chi connectivity index (χ2n) is 10.2. The lowest BCUT2D eigenvalue weighted by Crippen LogP contribution is -2.53. The third kappa shape index (κ3) is 6.31. The number of pyridine rings is 1. The SMILES string of the molecule is CCCC(NC(=O)Oc1ccc(-c2ccccc2)cc1)C(=O)N1CCC2C1C(=O)CN2S(=O)(=O)Cc1cccnc1. The van der Waals surface area contributed by atoms with Gasteiger partial charge in [0.05, 0.1) is 18.3 Å². The molecule has 0 bridgehead atoms. The summed E-state index contributed by atoms with van der Waals surface area (Å²) in [6.07, 6.45) is 3.54. The third-order valence-corrected chi connectivity index (χ3v) is 9.24. The van der Waals surface area contributed by atoms with Gasteiger partial charge in [-0.1, -0.05) is 61.9 Å². The number of likely N-dealkylation sites (tertiary alicyclic amines) is 1. The lowest BCUT2D eigenvalue weighted by atomic mass is 10.1. The van der Waals surface area contributed by atoms with Crippen LogP contribution in [-0.4, -0.2) is 71.6 Å². The normalized spacial score (nSPS) is 19.5. The van der Waals surface area contributed by atoms with Crippen LogP contribution in [0.1, 0.15) is 31.7 Å². The molecule has 1 aromatic heterocycles. The smallest absolute Gasteiger partial charge is 0.410 e. The highest BCUT2D eigenvalue weighted by molar-refractivity contribution is 7.88. The number of rotatable bonds is 9. The Hall–Kier alpha value is -4.09. The zero-order valence-corrected chi connectivity index (χ0v) is 23.5. The number of fused-ring (bicyclic) bond motifs is 1. The van der Waals surface area contributed by atoms with Crippen molar-refractivity contribution in [2.24, 2.45) is 0 Å². The van der Waals surface area contributed by atoms with Crippen molar-refractivity contribution in [1.82, 2.24) is 19.5 Å². The first-order valence-electron chi connectivity index (χ1n) is 13.6. The maximum absolute atomic E-state index is 13.6. The van der Waals surface area contributed by atoms with E-state index in [-0.39, 0.29) is 24.6 Å². The van der Waals surface area contributed by atoms with Gasteiger partial charge in [0.2, 0.25) is 15.9 Å². The molecule has 3 atom stereocenters. The molecule has 0 aliphatic carbocycles. The number of hydrogen-bond donors (Lipinski definition) is 1. The van der Waals surface area contributed by atoms with E-state index in [2.05, 4.69) is 10.3 Å². The van der Waals surface area contributed by atoms with Gasteiger partial charge in [-0.25, -0.2) is 13.2 Å². The van der Waals surface area contributed by atoms with Gasteiger partial charge in [0, 0.05) is 18.9 Å². The van der Waals surface area contributed by atoms with Crippen LogP contribution in [0.2, 0.25) is 0 Å². The molecule has 2 aliphatic heterocycles. The van der Waals surface area contributed by atoms with Crippen LogP contribution in [-0.2, 0) is 25.4 Å². The van der Waals surface area contributed by atoms with Gasteiger partial charge >= 0.3 is 6.09 Å². The highest BCUT2D eigenvalue weighted by atomic mass is 32.2. The number of amides is 2. The average Bonchev–Trinajstić information content (AvgIpc) is 3.55. The highest BCUT2D eigenvalue weighted by Crippen LogP contribution is 2.33. The van der Waals surface area contributed by atoms with Gasteiger partial charge in [0.1, 0.15) is 17.8 Å². The summed E-state index contributed by atoms with van der Waals surface area (Å²) in [6, 6.07) is 17.7. The number of ketones is 1. The molecule has 2 fully saturated rings. The number of Topliss-reactive ketones (excluding diaryl/α,β-unsaturated/α-hetero) is 1. The molecule has 0 spiro atoms. The van der Waals surface area contributed by atoms with E-state index in [9.17, 15) is 22.8 Å². The minimum Gasteiger partial charge on any atom is -0.410 e. The maximum atomic E-state index is 13.6. The number of benzene rings is 2. The Labute approximate surface area is 239 Å². The Morgan fingerprint density at radius 2 is 1.78 bits per heavy atom. The zero-order valence-electron chi connectivity index (χ0n) is 22.7. The highest BCUT2D eigenvalue weighted by Gasteiger charge is 2.54. The van der Waals surface area contributed by atoms with Crippen LogP contribution in [0.15, 0.2) is 79.1 Å². The Kier molecular flexibility index (Phi) is 8.46. The van der Waals surface area contributed by atoms with Gasteiger partial charge in [-0.2, -0.15) is 4.31 Å². The van der Waals surface area contributed by atoms with Crippen molar-refractivity contribution < 1.29 is 27.5 Å². The van der Waals surface area contributed by atoms with E-state index >= 15 is 0 Å². The number of nitrogens with one attached hydrogen (secondary N) is 1. The van der Waals surface area contributed by atoms with E-state index < -0.39 is 40.1 Å². The number of aromatic nitrogens is 1. The summed E-state index contributed by atoms with van der Waals surface area (Å²) in [5, 5.41) is 2.66. The first kappa shape index (κ1) is 28.4. The molecule has 2 saturated heterocycles. The number of sulfonamides is 1. The minimum atomic E-state index is -3.81. The zero-order chi connectivity index (χ0) is 29.0. The summed E-state index contributed by atoms with van der Waals surface area (Å²) >= 11 is 0. The molecule has 41 heavy (non-hydrogen) atoms. The summed E-state index contributed by atoms with van der Waals surface area (Å²) < 4.78 is 33.0. The Balaban J connectivity index is 1.23. The van der Waals surface area contributed by atoms with Crippen LogP contribution in [0.4, 0.5) is 4.79 Å². The largest absolute Gasteiger partial charge is 0.413 e. The van der Waals surface area contributed by atoms with Crippen molar-refractivity contribution in [3.05, 3.63) is 84.7 Å². The number of carbonyl (C=O) groups excluding carboxylic acids is 3. The van der Waals surface area contributed by atoms with E-state index in [0.717, 1.165) is 11.1 Å². The van der Waals surface area contributed by atoms with Gasteiger partial charge in [-0.05, 0) is 47.7 Å². The Bertz CT molecular complexity index is 1500. The lowest BCUT2D eigenvalue weighted by molar-refractivity contribution is -0.138. The molecule has 2 aliphatic rings. The van der Waals surface area contributed by atoms with Crippen molar-refractivity contribution in [3.63, 3.8) is 0 Å². The molecule has 2 aromatic carbocycles. The number of ether oxygens (including phenoxy) is 1.